The van der Waals surface area contributed by atoms with Gasteiger partial charge in [0.1, 0.15) is 11.6 Å². The van der Waals surface area contributed by atoms with E-state index < -0.39 is 29.8 Å². The van der Waals surface area contributed by atoms with Gasteiger partial charge in [-0.1, -0.05) is 52.9 Å². The summed E-state index contributed by atoms with van der Waals surface area (Å²) in [6.07, 6.45) is 9.25. The molecular weight excluding hydrogens is 526 g/mol. The van der Waals surface area contributed by atoms with E-state index in [4.69, 9.17) is 9.84 Å². The van der Waals surface area contributed by atoms with E-state index >= 15 is 0 Å². The quantitative estimate of drug-likeness (QED) is 0.311. The largest absolute Gasteiger partial charge is 0.475 e. The highest BCUT2D eigenvalue weighted by molar-refractivity contribution is 5.86. The number of aliphatic hydroxyl groups excluding tert-OH is 1. The van der Waals surface area contributed by atoms with Crippen LogP contribution in [0, 0.1) is 5.92 Å². The Morgan fingerprint density at radius 2 is 1.78 bits per heavy atom. The maximum Gasteiger partial charge on any atom is 0.408 e. The second-order valence-corrected chi connectivity index (χ2v) is 11.8. The van der Waals surface area contributed by atoms with Crippen LogP contribution >= 0.6 is 0 Å². The van der Waals surface area contributed by atoms with E-state index in [1.807, 2.05) is 34.6 Å². The molecule has 0 spiro atoms. The molecule has 236 valence electrons. The van der Waals surface area contributed by atoms with Gasteiger partial charge in [-0.25, -0.2) is 9.59 Å². The average Bonchev–Trinajstić information content (AvgIpc) is 3.43. The van der Waals surface area contributed by atoms with Crippen molar-refractivity contribution in [2.75, 3.05) is 13.1 Å². The van der Waals surface area contributed by atoms with Crippen LogP contribution in [0.15, 0.2) is 22.8 Å². The number of likely N-dealkylation sites (tertiary alicyclic amines) is 1. The monoisotopic (exact) mass is 581 g/mol. The minimum atomic E-state index is -1.03. The molecule has 1 saturated carbocycles. The van der Waals surface area contributed by atoms with E-state index in [-0.39, 0.29) is 17.7 Å². The first kappa shape index (κ1) is 36.4. The molecule has 1 saturated heterocycles. The zero-order valence-electron chi connectivity index (χ0n) is 26.3. The molecule has 1 aromatic rings. The number of carbonyl (C=O) groups excluding carboxylic acids is 2. The van der Waals surface area contributed by atoms with Crippen molar-refractivity contribution in [2.24, 2.45) is 5.92 Å². The molecule has 3 rings (SSSR count). The Hall–Kier alpha value is -2.59. The Labute approximate surface area is 246 Å². The van der Waals surface area contributed by atoms with Gasteiger partial charge in [-0.05, 0) is 78.0 Å². The van der Waals surface area contributed by atoms with Gasteiger partial charge in [0, 0.05) is 12.6 Å². The fourth-order valence-corrected chi connectivity index (χ4v) is 5.23. The van der Waals surface area contributed by atoms with Crippen LogP contribution in [0.25, 0.3) is 0 Å². The molecule has 1 aromatic heterocycles. The Morgan fingerprint density at radius 1 is 1.12 bits per heavy atom. The fraction of sp³-hybridized carbons (Fsp3) is 0.774. The highest BCUT2D eigenvalue weighted by Gasteiger charge is 2.33. The van der Waals surface area contributed by atoms with E-state index in [0.717, 1.165) is 38.6 Å². The summed E-state index contributed by atoms with van der Waals surface area (Å²) in [4.78, 5) is 37.9. The molecule has 10 heteroatoms. The SMILES string of the molecule is CC.CCCN1C[C@H](O)[C@@H](NC(=O)[C@H](CC2CCCCC2)NC(=O)OC(C)(C)C)CC[C@H]1C.O=C(O)c1ccco1. The third-order valence-corrected chi connectivity index (χ3v) is 7.28. The Bertz CT molecular complexity index is 879. The predicted molar refractivity (Wildman–Crippen MR) is 160 cm³/mol. The van der Waals surface area contributed by atoms with Crippen LogP contribution in [0.4, 0.5) is 4.79 Å². The summed E-state index contributed by atoms with van der Waals surface area (Å²) >= 11 is 0. The molecule has 0 unspecified atom stereocenters. The van der Waals surface area contributed by atoms with E-state index in [9.17, 15) is 19.5 Å². The number of nitrogens with zero attached hydrogens (tertiary/aromatic N) is 1. The number of hydrogen-bond donors (Lipinski definition) is 4. The highest BCUT2D eigenvalue weighted by Crippen LogP contribution is 2.28. The van der Waals surface area contributed by atoms with Crippen LogP contribution in [-0.4, -0.2) is 76.0 Å². The highest BCUT2D eigenvalue weighted by atomic mass is 16.6. The van der Waals surface area contributed by atoms with Crippen LogP contribution < -0.4 is 10.6 Å². The summed E-state index contributed by atoms with van der Waals surface area (Å²) in [6, 6.07) is 2.37. The van der Waals surface area contributed by atoms with Crippen molar-refractivity contribution in [3.8, 4) is 0 Å². The van der Waals surface area contributed by atoms with Gasteiger partial charge in [0.05, 0.1) is 18.4 Å². The second kappa shape index (κ2) is 18.8. The van der Waals surface area contributed by atoms with Crippen LogP contribution in [0.1, 0.15) is 117 Å². The molecule has 10 nitrogen and oxygen atoms in total. The zero-order valence-corrected chi connectivity index (χ0v) is 26.3. The van der Waals surface area contributed by atoms with Gasteiger partial charge in [-0.15, -0.1) is 0 Å². The van der Waals surface area contributed by atoms with Crippen molar-refractivity contribution in [3.63, 3.8) is 0 Å². The first-order chi connectivity index (χ1) is 19.4. The number of aliphatic hydroxyl groups is 1. The predicted octanol–water partition coefficient (Wildman–Crippen LogP) is 5.59. The summed E-state index contributed by atoms with van der Waals surface area (Å²) in [6.45, 7) is 15.3. The number of ether oxygens (including phenoxy) is 1. The number of nitrogens with one attached hydrogen (secondary N) is 2. The third kappa shape index (κ3) is 14.2. The van der Waals surface area contributed by atoms with Gasteiger partial charge in [-0.3, -0.25) is 9.69 Å². The fourth-order valence-electron chi connectivity index (χ4n) is 5.23. The number of alkyl carbamates (subject to hydrolysis) is 1. The van der Waals surface area contributed by atoms with Crippen LogP contribution in [0.3, 0.4) is 0 Å². The topological polar surface area (TPSA) is 141 Å². The van der Waals surface area contributed by atoms with E-state index in [1.165, 1.54) is 37.7 Å². The summed E-state index contributed by atoms with van der Waals surface area (Å²) in [5.74, 6) is -0.837. The zero-order chi connectivity index (χ0) is 31.0. The first-order valence-electron chi connectivity index (χ1n) is 15.4. The van der Waals surface area contributed by atoms with Crippen molar-refractivity contribution in [1.29, 1.82) is 0 Å². The summed E-state index contributed by atoms with van der Waals surface area (Å²) in [5.41, 5.74) is -0.619. The minimum Gasteiger partial charge on any atom is -0.475 e. The molecule has 0 bridgehead atoms. The van der Waals surface area contributed by atoms with Gasteiger partial charge in [0.2, 0.25) is 11.7 Å². The standard InChI is InChI=1S/C24H45N3O4.C5H4O3.C2H6/c1-6-14-27-16-21(28)19(13-12-17(27)2)25-22(29)20(15-18-10-8-7-9-11-18)26-23(30)31-24(3,4)5;6-5(7)4-2-1-3-8-4;1-2/h17-21,28H,6-16H2,1-5H3,(H,25,29)(H,26,30);1-3H,(H,6,7);1-2H3/t17-,19+,20+,21+;;/m1../s1. The van der Waals surface area contributed by atoms with Gasteiger partial charge < -0.3 is 30.0 Å². The van der Waals surface area contributed by atoms with Crippen molar-refractivity contribution in [1.82, 2.24) is 15.5 Å². The lowest BCUT2D eigenvalue weighted by Gasteiger charge is -2.30. The number of carbonyl (C=O) groups is 3. The third-order valence-electron chi connectivity index (χ3n) is 7.28. The van der Waals surface area contributed by atoms with E-state index in [2.05, 4.69) is 33.8 Å². The van der Waals surface area contributed by atoms with Crippen LogP contribution in [0.5, 0.6) is 0 Å². The van der Waals surface area contributed by atoms with Gasteiger partial charge >= 0.3 is 12.1 Å². The van der Waals surface area contributed by atoms with Gasteiger partial charge in [-0.2, -0.15) is 0 Å². The van der Waals surface area contributed by atoms with E-state index in [0.29, 0.717) is 24.9 Å². The van der Waals surface area contributed by atoms with Gasteiger partial charge in [0.25, 0.3) is 0 Å². The molecule has 0 radical (unpaired) electrons. The maximum atomic E-state index is 13.2. The molecule has 2 amide bonds. The summed E-state index contributed by atoms with van der Waals surface area (Å²) < 4.78 is 9.90. The number of β-amino-alcohol motifs (C(OH)–C–C–N with tert-alkyl or cyclic N) is 1. The summed E-state index contributed by atoms with van der Waals surface area (Å²) in [7, 11) is 0. The number of furan rings is 1. The molecule has 1 aliphatic carbocycles. The molecule has 41 heavy (non-hydrogen) atoms. The maximum absolute atomic E-state index is 13.2. The van der Waals surface area contributed by atoms with Crippen molar-refractivity contribution in [3.05, 3.63) is 24.2 Å². The lowest BCUT2D eigenvalue weighted by atomic mass is 9.84. The molecule has 2 heterocycles. The molecule has 0 aromatic carbocycles. The van der Waals surface area contributed by atoms with Crippen LogP contribution in [0.2, 0.25) is 0 Å². The number of carboxylic acid groups (broad SMARTS) is 1. The number of amides is 2. The molecule has 2 aliphatic rings. The van der Waals surface area contributed by atoms with Gasteiger partial charge in [0.15, 0.2) is 0 Å². The Morgan fingerprint density at radius 3 is 2.29 bits per heavy atom. The van der Waals surface area contributed by atoms with Crippen molar-refractivity contribution in [2.45, 2.75) is 136 Å². The van der Waals surface area contributed by atoms with Crippen LogP contribution in [-0.2, 0) is 9.53 Å². The van der Waals surface area contributed by atoms with E-state index in [1.54, 1.807) is 0 Å². The second-order valence-electron chi connectivity index (χ2n) is 11.8. The first-order valence-corrected chi connectivity index (χ1v) is 15.4. The number of rotatable bonds is 8. The molecule has 1 aliphatic heterocycles. The number of hydrogen-bond acceptors (Lipinski definition) is 7. The smallest absolute Gasteiger partial charge is 0.408 e. The lowest BCUT2D eigenvalue weighted by molar-refractivity contribution is -0.125. The van der Waals surface area contributed by atoms with Crippen molar-refractivity contribution < 1.29 is 33.8 Å². The average molecular weight is 582 g/mol. The molecular formula is C31H55N3O7. The normalized spacial score (nSPS) is 22.5. The van der Waals surface area contributed by atoms with Crippen molar-refractivity contribution >= 4 is 18.0 Å². The summed E-state index contributed by atoms with van der Waals surface area (Å²) in [5, 5.41) is 24.8. The lowest BCUT2D eigenvalue weighted by Crippen LogP contribution is -2.54. The number of aromatic carboxylic acids is 1. The minimum absolute atomic E-state index is 0.0231. The molecule has 4 atom stereocenters. The Balaban J connectivity index is 0.000000711. The Kier molecular flexibility index (Phi) is 16.7. The molecule has 2 fully saturated rings. The number of carboxylic acids is 1. The molecule has 4 N–H and O–H groups in total.